The molecule has 13 heavy (non-hydrogen) atoms. The Morgan fingerprint density at radius 2 is 2.23 bits per heavy atom. The average Bonchev–Trinajstić information content (AvgIpc) is 1.95. The molecule has 0 aliphatic heterocycles. The molecule has 1 fully saturated rings. The second kappa shape index (κ2) is 3.65. The Morgan fingerprint density at radius 3 is 2.77 bits per heavy atom. The van der Waals surface area contributed by atoms with Crippen LogP contribution in [0.2, 0.25) is 0 Å². The highest BCUT2D eigenvalue weighted by atomic mass is 19.1. The predicted octanol–water partition coefficient (Wildman–Crippen LogP) is 4.00. The fraction of sp³-hybridized carbons (Fsp3) is 0.667. The van der Waals surface area contributed by atoms with Crippen LogP contribution in [0.15, 0.2) is 23.6 Å². The van der Waals surface area contributed by atoms with E-state index in [-0.39, 0.29) is 5.83 Å². The lowest BCUT2D eigenvalue weighted by Gasteiger charge is -2.28. The Bertz CT molecular complexity index is 246. The molecule has 0 bridgehead atoms. The summed E-state index contributed by atoms with van der Waals surface area (Å²) in [6.45, 7) is 2.09. The quantitative estimate of drug-likeness (QED) is 0.602. The minimum atomic E-state index is -0.0203. The molecule has 1 atom stereocenters. The SMILES string of the molecule is CC1C=C(F)C=C(CC2CCC2)C1. The molecule has 2 aliphatic carbocycles. The van der Waals surface area contributed by atoms with Gasteiger partial charge in [0, 0.05) is 0 Å². The molecule has 0 N–H and O–H groups in total. The first kappa shape index (κ1) is 8.98. The van der Waals surface area contributed by atoms with Gasteiger partial charge in [-0.05, 0) is 36.8 Å². The van der Waals surface area contributed by atoms with E-state index in [0.717, 1.165) is 18.8 Å². The molecule has 0 spiro atoms. The van der Waals surface area contributed by atoms with Crippen molar-refractivity contribution in [3.63, 3.8) is 0 Å². The van der Waals surface area contributed by atoms with Gasteiger partial charge in [0.25, 0.3) is 0 Å². The molecule has 0 aromatic heterocycles. The largest absolute Gasteiger partial charge is 0.207 e. The van der Waals surface area contributed by atoms with Gasteiger partial charge in [0.05, 0.1) is 0 Å². The van der Waals surface area contributed by atoms with Crippen LogP contribution in [0, 0.1) is 11.8 Å². The van der Waals surface area contributed by atoms with Gasteiger partial charge in [-0.2, -0.15) is 0 Å². The van der Waals surface area contributed by atoms with Gasteiger partial charge in [-0.1, -0.05) is 31.8 Å². The van der Waals surface area contributed by atoms with Crippen molar-refractivity contribution >= 4 is 0 Å². The standard InChI is InChI=1S/C12H17F/c1-9-5-11(8-12(13)6-9)7-10-3-2-4-10/h6,8-10H,2-5,7H2,1H3. The zero-order valence-corrected chi connectivity index (χ0v) is 8.22. The normalized spacial score (nSPS) is 29.2. The van der Waals surface area contributed by atoms with Gasteiger partial charge in [-0.25, -0.2) is 4.39 Å². The number of halogens is 1. The molecule has 1 unspecified atom stereocenters. The summed E-state index contributed by atoms with van der Waals surface area (Å²) in [5.74, 6) is 1.25. The summed E-state index contributed by atoms with van der Waals surface area (Å²) in [7, 11) is 0. The second-order valence-electron chi connectivity index (χ2n) is 4.54. The van der Waals surface area contributed by atoms with Crippen molar-refractivity contribution in [3.8, 4) is 0 Å². The van der Waals surface area contributed by atoms with Crippen molar-refractivity contribution in [1.29, 1.82) is 0 Å². The third-order valence-electron chi connectivity index (χ3n) is 3.15. The van der Waals surface area contributed by atoms with Crippen LogP contribution in [0.4, 0.5) is 4.39 Å². The van der Waals surface area contributed by atoms with Gasteiger partial charge in [0.15, 0.2) is 0 Å². The van der Waals surface area contributed by atoms with E-state index in [9.17, 15) is 4.39 Å². The van der Waals surface area contributed by atoms with Gasteiger partial charge in [-0.15, -0.1) is 0 Å². The number of allylic oxidation sites excluding steroid dienone is 4. The highest BCUT2D eigenvalue weighted by Crippen LogP contribution is 2.35. The van der Waals surface area contributed by atoms with E-state index >= 15 is 0 Å². The highest BCUT2D eigenvalue weighted by molar-refractivity contribution is 5.24. The fourth-order valence-electron chi connectivity index (χ4n) is 2.26. The lowest BCUT2D eigenvalue weighted by molar-refractivity contribution is 0.309. The van der Waals surface area contributed by atoms with Gasteiger partial charge < -0.3 is 0 Å². The molecule has 1 saturated carbocycles. The first-order valence-corrected chi connectivity index (χ1v) is 5.31. The third-order valence-corrected chi connectivity index (χ3v) is 3.15. The summed E-state index contributed by atoms with van der Waals surface area (Å²) in [6.07, 6.45) is 9.79. The smallest absolute Gasteiger partial charge is 0.119 e. The molecule has 0 amide bonds. The molecule has 0 saturated heterocycles. The monoisotopic (exact) mass is 180 g/mol. The lowest BCUT2D eigenvalue weighted by atomic mass is 9.78. The van der Waals surface area contributed by atoms with E-state index in [4.69, 9.17) is 0 Å². The zero-order valence-electron chi connectivity index (χ0n) is 8.22. The van der Waals surface area contributed by atoms with Crippen LogP contribution < -0.4 is 0 Å². The molecule has 72 valence electrons. The van der Waals surface area contributed by atoms with Crippen LogP contribution in [0.3, 0.4) is 0 Å². The van der Waals surface area contributed by atoms with Crippen LogP contribution in [0.25, 0.3) is 0 Å². The molecule has 0 aromatic rings. The Hall–Kier alpha value is -0.590. The topological polar surface area (TPSA) is 0 Å². The summed E-state index contributed by atoms with van der Waals surface area (Å²) in [4.78, 5) is 0. The maximum Gasteiger partial charge on any atom is 0.119 e. The van der Waals surface area contributed by atoms with Crippen molar-refractivity contribution in [1.82, 2.24) is 0 Å². The van der Waals surface area contributed by atoms with Crippen LogP contribution in [0.1, 0.15) is 39.0 Å². The Balaban J connectivity index is 1.94. The molecular weight excluding hydrogens is 163 g/mol. The Labute approximate surface area is 79.5 Å². The minimum absolute atomic E-state index is 0.0203. The van der Waals surface area contributed by atoms with E-state index < -0.39 is 0 Å². The van der Waals surface area contributed by atoms with Crippen LogP contribution >= 0.6 is 0 Å². The maximum absolute atomic E-state index is 13.0. The van der Waals surface area contributed by atoms with Crippen LogP contribution in [0.5, 0.6) is 0 Å². The van der Waals surface area contributed by atoms with Crippen molar-refractivity contribution in [3.05, 3.63) is 23.6 Å². The average molecular weight is 180 g/mol. The zero-order chi connectivity index (χ0) is 9.26. The molecule has 0 heterocycles. The Kier molecular flexibility index (Phi) is 2.52. The Morgan fingerprint density at radius 1 is 1.46 bits per heavy atom. The van der Waals surface area contributed by atoms with Gasteiger partial charge in [0.2, 0.25) is 0 Å². The molecule has 0 aromatic carbocycles. The van der Waals surface area contributed by atoms with E-state index in [1.807, 2.05) is 0 Å². The molecular formula is C12H17F. The van der Waals surface area contributed by atoms with Gasteiger partial charge in [0.1, 0.15) is 5.83 Å². The van der Waals surface area contributed by atoms with E-state index in [0.29, 0.717) is 5.92 Å². The summed E-state index contributed by atoms with van der Waals surface area (Å²) in [5.41, 5.74) is 1.33. The summed E-state index contributed by atoms with van der Waals surface area (Å²) < 4.78 is 13.0. The van der Waals surface area contributed by atoms with Crippen molar-refractivity contribution in [2.75, 3.05) is 0 Å². The van der Waals surface area contributed by atoms with Crippen molar-refractivity contribution < 1.29 is 4.39 Å². The summed E-state index contributed by atoms with van der Waals surface area (Å²) in [5, 5.41) is 0. The fourth-order valence-corrected chi connectivity index (χ4v) is 2.26. The van der Waals surface area contributed by atoms with Crippen molar-refractivity contribution in [2.24, 2.45) is 11.8 Å². The van der Waals surface area contributed by atoms with Gasteiger partial charge in [-0.3, -0.25) is 0 Å². The van der Waals surface area contributed by atoms with E-state index in [1.165, 1.54) is 24.8 Å². The third kappa shape index (κ3) is 2.20. The number of hydrogen-bond acceptors (Lipinski definition) is 0. The number of hydrogen-bond donors (Lipinski definition) is 0. The summed E-state index contributed by atoms with van der Waals surface area (Å²) >= 11 is 0. The first-order valence-electron chi connectivity index (χ1n) is 5.31. The lowest BCUT2D eigenvalue weighted by Crippen LogP contribution is -2.13. The van der Waals surface area contributed by atoms with E-state index in [2.05, 4.69) is 6.92 Å². The van der Waals surface area contributed by atoms with E-state index in [1.54, 1.807) is 12.2 Å². The maximum atomic E-state index is 13.0. The molecule has 2 rings (SSSR count). The minimum Gasteiger partial charge on any atom is -0.207 e. The second-order valence-corrected chi connectivity index (χ2v) is 4.54. The molecule has 2 aliphatic rings. The molecule has 0 radical (unpaired) electrons. The van der Waals surface area contributed by atoms with Crippen molar-refractivity contribution in [2.45, 2.75) is 39.0 Å². The van der Waals surface area contributed by atoms with Gasteiger partial charge >= 0.3 is 0 Å². The molecule has 1 heteroatoms. The predicted molar refractivity (Wildman–Crippen MR) is 53.0 cm³/mol. The first-order chi connectivity index (χ1) is 6.24. The molecule has 0 nitrogen and oxygen atoms in total. The van der Waals surface area contributed by atoms with Crippen LogP contribution in [-0.2, 0) is 0 Å². The van der Waals surface area contributed by atoms with Crippen LogP contribution in [-0.4, -0.2) is 0 Å². The summed E-state index contributed by atoms with van der Waals surface area (Å²) in [6, 6.07) is 0. The highest BCUT2D eigenvalue weighted by Gasteiger charge is 2.20. The number of rotatable bonds is 2.